The fourth-order valence-electron chi connectivity index (χ4n) is 5.85. The summed E-state index contributed by atoms with van der Waals surface area (Å²) in [7, 11) is 3.02. The van der Waals surface area contributed by atoms with Crippen molar-refractivity contribution in [2.75, 3.05) is 27.3 Å². The number of benzene rings is 2. The number of aromatic nitrogens is 1. The summed E-state index contributed by atoms with van der Waals surface area (Å²) in [4.78, 5) is 15.8. The molecule has 2 aromatic carbocycles. The van der Waals surface area contributed by atoms with Gasteiger partial charge in [0.1, 0.15) is 18.7 Å². The van der Waals surface area contributed by atoms with Crippen LogP contribution in [0.15, 0.2) is 61.3 Å². The van der Waals surface area contributed by atoms with E-state index in [4.69, 9.17) is 9.47 Å². The van der Waals surface area contributed by atoms with Crippen LogP contribution in [0.5, 0.6) is 11.5 Å². The normalized spacial score (nSPS) is 22.1. The molecule has 8 nitrogen and oxygen atoms in total. The molecule has 0 spiro atoms. The summed E-state index contributed by atoms with van der Waals surface area (Å²) in [5, 5.41) is 24.5. The predicted molar refractivity (Wildman–Crippen MR) is 150 cm³/mol. The van der Waals surface area contributed by atoms with E-state index in [-0.39, 0.29) is 57.8 Å². The number of non-ortho nitro benzene ring substituents is 1. The maximum absolute atomic E-state index is 11.8. The average molecular weight is 611 g/mol. The van der Waals surface area contributed by atoms with Gasteiger partial charge in [-0.15, -0.1) is 6.58 Å². The largest absolute Gasteiger partial charge is 0.493 e. The molecule has 5 unspecified atom stereocenters. The number of likely N-dealkylation sites (tertiary alicyclic amines) is 1. The maximum Gasteiger partial charge on any atom is 0.273 e. The number of nitro benzene ring substituents is 1. The van der Waals surface area contributed by atoms with Crippen molar-refractivity contribution in [2.45, 2.75) is 39.0 Å². The van der Waals surface area contributed by atoms with E-state index < -0.39 is 11.0 Å². The number of nitro groups is 1. The van der Waals surface area contributed by atoms with E-state index in [1.54, 1.807) is 19.4 Å². The summed E-state index contributed by atoms with van der Waals surface area (Å²) in [5.74, 6) is 1.50. The summed E-state index contributed by atoms with van der Waals surface area (Å²) in [6.45, 7) is 10.4. The molecule has 0 amide bonds. The number of hydrogen-bond acceptors (Lipinski definition) is 6. The van der Waals surface area contributed by atoms with Gasteiger partial charge in [0.25, 0.3) is 5.69 Å². The summed E-state index contributed by atoms with van der Waals surface area (Å²) in [6.07, 6.45) is 3.90. The molecule has 9 heteroatoms. The molecule has 39 heavy (non-hydrogen) atoms. The van der Waals surface area contributed by atoms with Crippen molar-refractivity contribution in [3.05, 3.63) is 90.0 Å². The molecule has 5 atom stereocenters. The van der Waals surface area contributed by atoms with Crippen LogP contribution in [0.2, 0.25) is 0 Å². The number of fused-ring (bicyclic) bond motifs is 1. The third-order valence-electron chi connectivity index (χ3n) is 8.20. The molecule has 0 saturated carbocycles. The van der Waals surface area contributed by atoms with Gasteiger partial charge in [-0.05, 0) is 37.0 Å². The number of piperidine rings is 1. The Morgan fingerprint density at radius 1 is 1.26 bits per heavy atom. The average Bonchev–Trinajstić information content (AvgIpc) is 2.92. The van der Waals surface area contributed by atoms with Crippen molar-refractivity contribution in [3.8, 4) is 11.5 Å². The third-order valence-corrected chi connectivity index (χ3v) is 8.20. The number of pyridine rings is 1. The number of aliphatic hydroxyl groups is 1. The van der Waals surface area contributed by atoms with Crippen LogP contribution in [0.1, 0.15) is 37.5 Å². The van der Waals surface area contributed by atoms with Crippen LogP contribution in [0.25, 0.3) is 10.9 Å². The molecular formula is C30H39N3O5Y. The minimum Gasteiger partial charge on any atom is -0.493 e. The quantitative estimate of drug-likeness (QED) is 0.107. The molecule has 1 saturated heterocycles. The minimum atomic E-state index is -0.779. The second-order valence-corrected chi connectivity index (χ2v) is 10.1. The molecule has 4 rings (SSSR count). The molecule has 1 aromatic heterocycles. The summed E-state index contributed by atoms with van der Waals surface area (Å²) < 4.78 is 11.7. The van der Waals surface area contributed by atoms with Crippen LogP contribution >= 0.6 is 0 Å². The van der Waals surface area contributed by atoms with Crippen molar-refractivity contribution in [1.82, 2.24) is 4.98 Å². The van der Waals surface area contributed by atoms with E-state index >= 15 is 0 Å². The summed E-state index contributed by atoms with van der Waals surface area (Å²) >= 11 is 0. The number of rotatable bonds is 9. The number of ether oxygens (including phenoxy) is 2. The molecule has 1 fully saturated rings. The molecule has 3 aromatic rings. The van der Waals surface area contributed by atoms with Crippen LogP contribution in [-0.4, -0.2) is 52.8 Å². The number of aliphatic hydroxyl groups excluding tert-OH is 1. The van der Waals surface area contributed by atoms with Gasteiger partial charge in [0.15, 0.2) is 11.5 Å². The fraction of sp³-hybridized carbons (Fsp3) is 0.400. The maximum atomic E-state index is 11.8. The van der Waals surface area contributed by atoms with Crippen LogP contribution in [-0.2, 0) is 39.3 Å². The third kappa shape index (κ3) is 6.51. The Hall–Kier alpha value is -2.39. The Labute approximate surface area is 256 Å². The molecule has 1 N–H and O–H groups in total. The number of methoxy groups -OCH3 is 2. The standard InChI is InChI=1S/C29H36N3O5.CH3.Y/c1-6-21-17-32(14-12-19(21)2,18-22-15-23(31(34)35)16-27(36-4)29(22)37-5)20(3)28(33)25-11-13-30-26-10-8-7-9-24(25)26;;/h6-11,13,15-16,19-21,28,33H,1,12,14,17-18H2,2-5H3;1H3;/q+1;-1;. The van der Waals surface area contributed by atoms with Crippen molar-refractivity contribution >= 4 is 16.6 Å². The van der Waals surface area contributed by atoms with Crippen LogP contribution in [0.4, 0.5) is 5.69 Å². The Morgan fingerprint density at radius 3 is 2.62 bits per heavy atom. The van der Waals surface area contributed by atoms with Crippen molar-refractivity contribution in [2.24, 2.45) is 11.8 Å². The molecular weight excluding hydrogens is 571 g/mol. The predicted octanol–water partition coefficient (Wildman–Crippen LogP) is 5.89. The molecule has 1 aliphatic rings. The van der Waals surface area contributed by atoms with E-state index in [1.807, 2.05) is 36.4 Å². The Kier molecular flexibility index (Phi) is 11.6. The number of para-hydroxylation sites is 1. The van der Waals surface area contributed by atoms with Gasteiger partial charge in [0.05, 0.1) is 49.4 Å². The Balaban J connectivity index is 0.00000267. The second-order valence-electron chi connectivity index (χ2n) is 10.1. The van der Waals surface area contributed by atoms with E-state index in [9.17, 15) is 15.2 Å². The molecule has 0 bridgehead atoms. The van der Waals surface area contributed by atoms with Crippen LogP contribution in [0, 0.1) is 29.4 Å². The monoisotopic (exact) mass is 610 g/mol. The van der Waals surface area contributed by atoms with E-state index in [0.717, 1.165) is 36.0 Å². The molecule has 1 aliphatic heterocycles. The van der Waals surface area contributed by atoms with Crippen molar-refractivity contribution in [3.63, 3.8) is 0 Å². The zero-order valence-electron chi connectivity index (χ0n) is 23.5. The summed E-state index contributed by atoms with van der Waals surface area (Å²) in [6, 6.07) is 12.4. The minimum absolute atomic E-state index is 0. The first-order chi connectivity index (χ1) is 17.7. The van der Waals surface area contributed by atoms with E-state index in [1.165, 1.54) is 13.2 Å². The topological polar surface area (TPSA) is 94.7 Å². The molecule has 0 aliphatic carbocycles. The molecule has 1 radical (unpaired) electrons. The number of quaternary nitrogens is 1. The van der Waals surface area contributed by atoms with Gasteiger partial charge in [-0.3, -0.25) is 15.1 Å². The van der Waals surface area contributed by atoms with Crippen LogP contribution < -0.4 is 9.47 Å². The van der Waals surface area contributed by atoms with Gasteiger partial charge >= 0.3 is 0 Å². The zero-order valence-corrected chi connectivity index (χ0v) is 26.4. The molecule has 2 heterocycles. The van der Waals surface area contributed by atoms with Crippen LogP contribution in [0.3, 0.4) is 0 Å². The Morgan fingerprint density at radius 2 is 1.97 bits per heavy atom. The van der Waals surface area contributed by atoms with Gasteiger partial charge in [0.2, 0.25) is 0 Å². The smallest absolute Gasteiger partial charge is 0.273 e. The van der Waals surface area contributed by atoms with E-state index in [0.29, 0.717) is 34.0 Å². The zero-order chi connectivity index (χ0) is 26.7. The first-order valence-electron chi connectivity index (χ1n) is 12.6. The van der Waals surface area contributed by atoms with Gasteiger partial charge in [-0.1, -0.05) is 31.2 Å². The van der Waals surface area contributed by atoms with Gasteiger partial charge in [-0.2, -0.15) is 0 Å². The first kappa shape index (κ1) is 32.8. The molecule has 207 valence electrons. The van der Waals surface area contributed by atoms with Crippen molar-refractivity contribution in [1.29, 1.82) is 0 Å². The number of hydrogen-bond donors (Lipinski definition) is 1. The van der Waals surface area contributed by atoms with Gasteiger partial charge in [-0.25, -0.2) is 0 Å². The second kappa shape index (κ2) is 13.8. The Bertz CT molecular complexity index is 1300. The fourth-order valence-corrected chi connectivity index (χ4v) is 5.85. The van der Waals surface area contributed by atoms with Gasteiger partial charge < -0.3 is 26.5 Å². The summed E-state index contributed by atoms with van der Waals surface area (Å²) in [5.41, 5.74) is 2.29. The SMILES string of the molecule is C=CC1C[N+](Cc2cc([N+](=O)[O-])cc(OC)c2OC)(C(C)C(O)c2ccnc3ccccc23)CCC1C.[CH3-].[Y]. The first-order valence-corrected chi connectivity index (χ1v) is 12.6. The van der Waals surface area contributed by atoms with Gasteiger partial charge in [0, 0.05) is 56.3 Å². The van der Waals surface area contributed by atoms with E-state index in [2.05, 4.69) is 25.4 Å². The number of nitrogens with zero attached hydrogens (tertiary/aromatic N) is 3. The van der Waals surface area contributed by atoms with Crippen molar-refractivity contribution < 1.29 is 56.7 Å².